The number of carbonyl (C=O) groups excluding carboxylic acids is 1. The molecule has 0 saturated carbocycles. The molecule has 3 aromatic heterocycles. The van der Waals surface area contributed by atoms with Gasteiger partial charge in [-0.15, -0.1) is 0 Å². The molecule has 0 radical (unpaired) electrons. The number of anilines is 2. The lowest BCUT2D eigenvalue weighted by Crippen LogP contribution is -2.70. The van der Waals surface area contributed by atoms with Crippen LogP contribution in [0.2, 0.25) is 0 Å². The van der Waals surface area contributed by atoms with Gasteiger partial charge in [0.25, 0.3) is 0 Å². The Labute approximate surface area is 276 Å². The Hall–Kier alpha value is -5.14. The molecular weight excluding hydrogens is 613 g/mol. The van der Waals surface area contributed by atoms with E-state index in [0.717, 1.165) is 49.7 Å². The second-order valence-corrected chi connectivity index (χ2v) is 12.6. The van der Waals surface area contributed by atoms with E-state index in [9.17, 15) is 4.79 Å². The van der Waals surface area contributed by atoms with Crippen molar-refractivity contribution in [1.82, 2.24) is 34.5 Å². The lowest BCUT2D eigenvalue weighted by molar-refractivity contribution is -0.0343. The molecule has 3 saturated heterocycles. The molecule has 3 aliphatic heterocycles. The third-order valence-electron chi connectivity index (χ3n) is 9.77. The first-order chi connectivity index (χ1) is 23.4. The van der Waals surface area contributed by atoms with Crippen molar-refractivity contribution in [1.29, 1.82) is 0 Å². The van der Waals surface area contributed by atoms with Gasteiger partial charge in [0.2, 0.25) is 0 Å². The van der Waals surface area contributed by atoms with E-state index >= 15 is 4.39 Å². The fourth-order valence-corrected chi connectivity index (χ4v) is 6.97. The molecule has 8 rings (SSSR count). The zero-order valence-electron chi connectivity index (χ0n) is 26.5. The van der Waals surface area contributed by atoms with Gasteiger partial charge in [-0.25, -0.2) is 28.8 Å². The summed E-state index contributed by atoms with van der Waals surface area (Å²) in [7, 11) is 1.35. The molecule has 0 aliphatic carbocycles. The first kappa shape index (κ1) is 30.2. The monoisotopic (exact) mass is 649 g/mol. The third kappa shape index (κ3) is 5.58. The number of hydrogen-bond acceptors (Lipinski definition) is 11. The number of nitrogens with zero attached hydrogens (tertiary/aromatic N) is 8. The predicted molar refractivity (Wildman–Crippen MR) is 179 cm³/mol. The van der Waals surface area contributed by atoms with E-state index in [2.05, 4.69) is 29.7 Å². The molecule has 0 bridgehead atoms. The predicted octanol–water partition coefficient (Wildman–Crippen LogP) is 4.21. The van der Waals surface area contributed by atoms with Crippen LogP contribution in [-0.4, -0.2) is 105 Å². The summed E-state index contributed by atoms with van der Waals surface area (Å²) in [6.07, 6.45) is 2.64. The van der Waals surface area contributed by atoms with Gasteiger partial charge in [-0.1, -0.05) is 18.2 Å². The quantitative estimate of drug-likeness (QED) is 0.243. The number of esters is 1. The summed E-state index contributed by atoms with van der Waals surface area (Å²) in [5.41, 5.74) is 9.65. The number of benzene rings is 2. The maximum Gasteiger partial charge on any atom is 0.356 e. The minimum atomic E-state index is -1.11. The van der Waals surface area contributed by atoms with Crippen molar-refractivity contribution in [2.45, 2.75) is 30.7 Å². The van der Waals surface area contributed by atoms with Crippen LogP contribution in [0, 0.1) is 0 Å². The van der Waals surface area contributed by atoms with Crippen LogP contribution in [0.4, 0.5) is 15.9 Å². The average molecular weight is 650 g/mol. The summed E-state index contributed by atoms with van der Waals surface area (Å²) in [6, 6.07) is 21.1. The molecule has 13 heteroatoms. The number of fused-ring (bicyclic) bond motifs is 1. The number of aromatic nitrogens is 5. The average Bonchev–Trinajstić information content (AvgIpc) is 3.46. The van der Waals surface area contributed by atoms with Crippen molar-refractivity contribution in [3.8, 4) is 22.8 Å². The number of pyridine rings is 1. The molecule has 12 nitrogen and oxygen atoms in total. The molecule has 2 N–H and O–H groups in total. The molecule has 246 valence electrons. The van der Waals surface area contributed by atoms with E-state index in [1.807, 2.05) is 60.7 Å². The topological polar surface area (TPSA) is 128 Å². The van der Waals surface area contributed by atoms with Crippen molar-refractivity contribution in [2.24, 2.45) is 0 Å². The van der Waals surface area contributed by atoms with Crippen LogP contribution in [0.1, 0.15) is 23.0 Å². The summed E-state index contributed by atoms with van der Waals surface area (Å²) >= 11 is 0. The number of ether oxygens (including phenoxy) is 2. The molecule has 0 amide bonds. The maximum atomic E-state index is 16.0. The van der Waals surface area contributed by atoms with Crippen molar-refractivity contribution in [3.63, 3.8) is 0 Å². The molecule has 2 aromatic carbocycles. The van der Waals surface area contributed by atoms with Gasteiger partial charge in [0.1, 0.15) is 41.2 Å². The molecule has 3 fully saturated rings. The zero-order valence-corrected chi connectivity index (χ0v) is 26.5. The van der Waals surface area contributed by atoms with Crippen LogP contribution in [0.25, 0.3) is 22.3 Å². The van der Waals surface area contributed by atoms with Gasteiger partial charge in [0, 0.05) is 56.9 Å². The molecule has 3 aliphatic rings. The SMILES string of the molecule is COC(=O)c1ccc(N2CC(N3CC(N4CC[C@H](n5nc(-c6ccc(Oc7ccccc7)cc6)c6c(N)ncnc65)[C@@H](F)C4)C3)C2)cn1. The van der Waals surface area contributed by atoms with Gasteiger partial charge in [0.15, 0.2) is 5.65 Å². The Kier molecular flexibility index (Phi) is 7.85. The summed E-state index contributed by atoms with van der Waals surface area (Å²) in [4.78, 5) is 31.6. The van der Waals surface area contributed by atoms with Crippen LogP contribution in [0.15, 0.2) is 79.3 Å². The van der Waals surface area contributed by atoms with Gasteiger partial charge in [-0.2, -0.15) is 5.10 Å². The van der Waals surface area contributed by atoms with E-state index in [1.165, 1.54) is 13.4 Å². The van der Waals surface area contributed by atoms with E-state index in [4.69, 9.17) is 20.3 Å². The second kappa shape index (κ2) is 12.5. The number of alkyl halides is 1. The summed E-state index contributed by atoms with van der Waals surface area (Å²) < 4.78 is 28.4. The van der Waals surface area contributed by atoms with Crippen molar-refractivity contribution in [2.75, 3.05) is 57.0 Å². The van der Waals surface area contributed by atoms with Crippen LogP contribution in [0.5, 0.6) is 11.5 Å². The van der Waals surface area contributed by atoms with E-state index in [0.29, 0.717) is 59.0 Å². The van der Waals surface area contributed by atoms with Gasteiger partial charge in [-0.05, 0) is 55.0 Å². The smallest absolute Gasteiger partial charge is 0.356 e. The number of halogens is 1. The van der Waals surface area contributed by atoms with Crippen LogP contribution < -0.4 is 15.4 Å². The summed E-state index contributed by atoms with van der Waals surface area (Å²) in [5.74, 6) is 1.33. The van der Waals surface area contributed by atoms with Crippen LogP contribution >= 0.6 is 0 Å². The minimum Gasteiger partial charge on any atom is -0.464 e. The maximum absolute atomic E-state index is 16.0. The first-order valence-corrected chi connectivity index (χ1v) is 16.2. The minimum absolute atomic E-state index is 0.303. The van der Waals surface area contributed by atoms with E-state index in [-0.39, 0.29) is 0 Å². The fraction of sp³-hybridized carbons (Fsp3) is 0.343. The van der Waals surface area contributed by atoms with Gasteiger partial charge in [-0.3, -0.25) is 9.80 Å². The first-order valence-electron chi connectivity index (χ1n) is 16.2. The van der Waals surface area contributed by atoms with Crippen LogP contribution in [0.3, 0.4) is 0 Å². The highest BCUT2D eigenvalue weighted by atomic mass is 19.1. The molecule has 5 aromatic rings. The molecule has 0 unspecified atom stereocenters. The van der Waals surface area contributed by atoms with Crippen molar-refractivity contribution >= 4 is 28.5 Å². The Morgan fingerprint density at radius 3 is 2.33 bits per heavy atom. The highest BCUT2D eigenvalue weighted by Crippen LogP contribution is 2.37. The fourth-order valence-electron chi connectivity index (χ4n) is 6.97. The molecule has 2 atom stereocenters. The van der Waals surface area contributed by atoms with Crippen molar-refractivity contribution in [3.05, 3.63) is 84.9 Å². The Balaban J connectivity index is 0.897. The Morgan fingerprint density at radius 1 is 0.875 bits per heavy atom. The van der Waals surface area contributed by atoms with Gasteiger partial charge >= 0.3 is 5.97 Å². The van der Waals surface area contributed by atoms with Crippen molar-refractivity contribution < 1.29 is 18.7 Å². The van der Waals surface area contributed by atoms with Gasteiger partial charge < -0.3 is 20.1 Å². The number of para-hydroxylation sites is 1. The third-order valence-corrected chi connectivity index (χ3v) is 9.77. The van der Waals surface area contributed by atoms with Crippen LogP contribution in [-0.2, 0) is 4.74 Å². The number of hydrogen-bond donors (Lipinski definition) is 1. The lowest BCUT2D eigenvalue weighted by atomic mass is 9.95. The number of rotatable bonds is 8. The number of methoxy groups -OCH3 is 1. The molecule has 6 heterocycles. The highest BCUT2D eigenvalue weighted by Gasteiger charge is 2.44. The zero-order chi connectivity index (χ0) is 32.8. The number of likely N-dealkylation sites (tertiary alicyclic amines) is 2. The number of nitrogens with two attached hydrogens (primary N) is 1. The summed E-state index contributed by atoms with van der Waals surface area (Å²) in [5, 5.41) is 5.54. The Bertz CT molecular complexity index is 1910. The highest BCUT2D eigenvalue weighted by molar-refractivity contribution is 5.98. The van der Waals surface area contributed by atoms with E-state index < -0.39 is 18.2 Å². The normalized spacial score (nSPS) is 20.8. The standard InChI is InChI=1S/C35H36FN9O3/c1-47-35(46)29-12-9-23(15-38-29)43-18-25(19-43)44-16-24(17-44)42-14-13-30(28(36)20-42)45-34-31(33(37)39-21-40-34)32(41-45)22-7-10-27(11-8-22)48-26-5-3-2-4-6-26/h2-12,15,21,24-25,28,30H,13-14,16-20H2,1H3,(H2,37,39,40)/t28-,30-/m0/s1. The van der Waals surface area contributed by atoms with E-state index in [1.54, 1.807) is 16.9 Å². The molecular formula is C35H36FN9O3. The molecule has 48 heavy (non-hydrogen) atoms. The van der Waals surface area contributed by atoms with Gasteiger partial charge in [0.05, 0.1) is 30.4 Å². The number of nitrogen functional groups attached to an aromatic ring is 1. The molecule has 0 spiro atoms. The summed E-state index contributed by atoms with van der Waals surface area (Å²) in [6.45, 7) is 4.79. The Morgan fingerprint density at radius 2 is 1.62 bits per heavy atom. The lowest BCUT2D eigenvalue weighted by Gasteiger charge is -2.55. The number of carbonyl (C=O) groups is 1. The largest absolute Gasteiger partial charge is 0.464 e. The number of piperidine rings is 1. The second-order valence-electron chi connectivity index (χ2n) is 12.6.